The Balaban J connectivity index is 2.01. The van der Waals surface area contributed by atoms with Crippen molar-refractivity contribution in [3.63, 3.8) is 0 Å². The van der Waals surface area contributed by atoms with E-state index in [0.29, 0.717) is 36.1 Å². The van der Waals surface area contributed by atoms with Crippen LogP contribution in [0.3, 0.4) is 0 Å². The van der Waals surface area contributed by atoms with Crippen molar-refractivity contribution in [3.8, 4) is 11.5 Å². The molecule has 0 spiro atoms. The van der Waals surface area contributed by atoms with Crippen LogP contribution in [0.2, 0.25) is 0 Å². The second kappa shape index (κ2) is 10.1. The zero-order chi connectivity index (χ0) is 20.8. The third kappa shape index (κ3) is 5.10. The van der Waals surface area contributed by atoms with Gasteiger partial charge >= 0.3 is 0 Å². The molecule has 0 unspecified atom stereocenters. The maximum absolute atomic E-state index is 13.3. The van der Waals surface area contributed by atoms with Crippen LogP contribution in [0.15, 0.2) is 23.0 Å². The van der Waals surface area contributed by atoms with E-state index in [2.05, 4.69) is 5.32 Å². The quantitative estimate of drug-likeness (QED) is 0.592. The zero-order valence-corrected chi connectivity index (χ0v) is 17.3. The van der Waals surface area contributed by atoms with Gasteiger partial charge in [0, 0.05) is 36.7 Å². The summed E-state index contributed by atoms with van der Waals surface area (Å²) < 4.78 is 12.8. The highest BCUT2D eigenvalue weighted by atomic mass is 16.5. The van der Waals surface area contributed by atoms with Gasteiger partial charge in [0.25, 0.3) is 5.56 Å². The van der Waals surface area contributed by atoms with Crippen molar-refractivity contribution < 1.29 is 19.7 Å². The van der Waals surface area contributed by atoms with E-state index in [0.717, 1.165) is 23.7 Å². The van der Waals surface area contributed by atoms with E-state index in [1.54, 1.807) is 14.2 Å². The highest BCUT2D eigenvalue weighted by molar-refractivity contribution is 5.83. The summed E-state index contributed by atoms with van der Waals surface area (Å²) >= 11 is 0. The minimum absolute atomic E-state index is 0.0266. The largest absolute Gasteiger partial charge is 0.493 e. The molecule has 7 heteroatoms. The Hall–Kier alpha value is -2.09. The Bertz CT molecular complexity index is 874. The summed E-state index contributed by atoms with van der Waals surface area (Å²) in [5, 5.41) is 22.5. The fourth-order valence-corrected chi connectivity index (χ4v) is 4.14. The molecule has 0 saturated heterocycles. The van der Waals surface area contributed by atoms with Gasteiger partial charge in [-0.2, -0.15) is 0 Å². The predicted molar refractivity (Wildman–Crippen MR) is 113 cm³/mol. The van der Waals surface area contributed by atoms with Crippen molar-refractivity contribution >= 4 is 10.9 Å². The maximum Gasteiger partial charge on any atom is 0.255 e. The van der Waals surface area contributed by atoms with E-state index >= 15 is 0 Å². The first kappa shape index (κ1) is 21.6. The van der Waals surface area contributed by atoms with Crippen LogP contribution in [0.1, 0.15) is 37.7 Å². The van der Waals surface area contributed by atoms with E-state index in [-0.39, 0.29) is 18.7 Å². The highest BCUT2D eigenvalue weighted by Crippen LogP contribution is 2.33. The number of pyridine rings is 1. The normalized spacial score (nSPS) is 16.1. The molecule has 3 N–H and O–H groups in total. The molecule has 160 valence electrons. The number of benzene rings is 1. The molecule has 1 atom stereocenters. The van der Waals surface area contributed by atoms with Gasteiger partial charge in [-0.3, -0.25) is 4.79 Å². The Morgan fingerprint density at radius 2 is 1.83 bits per heavy atom. The van der Waals surface area contributed by atoms with Gasteiger partial charge in [0.2, 0.25) is 0 Å². The van der Waals surface area contributed by atoms with E-state index in [1.165, 1.54) is 19.3 Å². The third-order valence-corrected chi connectivity index (χ3v) is 5.74. The molecule has 0 amide bonds. The molecule has 1 aliphatic carbocycles. The average molecular weight is 405 g/mol. The lowest BCUT2D eigenvalue weighted by Crippen LogP contribution is -2.33. The molecule has 2 aromatic rings. The van der Waals surface area contributed by atoms with Gasteiger partial charge in [-0.15, -0.1) is 0 Å². The minimum atomic E-state index is -0.843. The highest BCUT2D eigenvalue weighted by Gasteiger charge is 2.19. The number of hydrogen-bond donors (Lipinski definition) is 3. The molecule has 1 saturated carbocycles. The van der Waals surface area contributed by atoms with E-state index in [9.17, 15) is 9.90 Å². The first-order valence-corrected chi connectivity index (χ1v) is 10.4. The Morgan fingerprint density at radius 3 is 2.48 bits per heavy atom. The van der Waals surface area contributed by atoms with Crippen molar-refractivity contribution in [2.24, 2.45) is 5.92 Å². The lowest BCUT2D eigenvalue weighted by molar-refractivity contribution is 0.0942. The number of aliphatic hydroxyl groups excluding tert-OH is 2. The van der Waals surface area contributed by atoms with E-state index in [4.69, 9.17) is 14.6 Å². The molecule has 1 heterocycles. The Kier molecular flexibility index (Phi) is 7.52. The van der Waals surface area contributed by atoms with Crippen molar-refractivity contribution in [3.05, 3.63) is 34.1 Å². The van der Waals surface area contributed by atoms with Crippen LogP contribution in [-0.4, -0.2) is 48.3 Å². The van der Waals surface area contributed by atoms with Crippen LogP contribution in [-0.2, 0) is 13.1 Å². The number of rotatable bonds is 9. The summed E-state index contributed by atoms with van der Waals surface area (Å²) in [7, 11) is 3.19. The summed E-state index contributed by atoms with van der Waals surface area (Å²) in [4.78, 5) is 13.3. The number of hydrogen-bond acceptors (Lipinski definition) is 6. The molecule has 29 heavy (non-hydrogen) atoms. The number of nitrogens with one attached hydrogen (secondary N) is 1. The summed E-state index contributed by atoms with van der Waals surface area (Å²) in [5.74, 6) is 1.73. The first-order chi connectivity index (χ1) is 14.1. The fraction of sp³-hybridized carbons (Fsp3) is 0.591. The molecular formula is C22H32N2O5. The summed E-state index contributed by atoms with van der Waals surface area (Å²) in [6, 6.07) is 5.65. The minimum Gasteiger partial charge on any atom is -0.493 e. The van der Waals surface area contributed by atoms with Crippen molar-refractivity contribution in [2.45, 2.75) is 51.3 Å². The smallest absolute Gasteiger partial charge is 0.255 e. The molecule has 0 bridgehead atoms. The Morgan fingerprint density at radius 1 is 1.14 bits per heavy atom. The lowest BCUT2D eigenvalue weighted by atomic mass is 9.89. The SMILES string of the molecule is COc1cc2cc(CNC[C@H](O)CO)c(=O)n(CC3CCCCC3)c2cc1OC. The molecule has 0 aliphatic heterocycles. The lowest BCUT2D eigenvalue weighted by Gasteiger charge is -2.24. The molecule has 1 aromatic heterocycles. The van der Waals surface area contributed by atoms with Crippen molar-refractivity contribution in [1.29, 1.82) is 0 Å². The molecular weight excluding hydrogens is 372 g/mol. The number of methoxy groups -OCH3 is 2. The summed E-state index contributed by atoms with van der Waals surface area (Å²) in [6.45, 7) is 0.929. The summed E-state index contributed by atoms with van der Waals surface area (Å²) in [6.07, 6.45) is 5.15. The number of aliphatic hydroxyl groups is 2. The van der Waals surface area contributed by atoms with Crippen LogP contribution in [0.25, 0.3) is 10.9 Å². The van der Waals surface area contributed by atoms with Gasteiger partial charge in [-0.05, 0) is 30.9 Å². The fourth-order valence-electron chi connectivity index (χ4n) is 4.14. The average Bonchev–Trinajstić information content (AvgIpc) is 2.76. The monoisotopic (exact) mass is 404 g/mol. The molecule has 1 fully saturated rings. The maximum atomic E-state index is 13.3. The topological polar surface area (TPSA) is 93.0 Å². The van der Waals surface area contributed by atoms with Crippen LogP contribution in [0.5, 0.6) is 11.5 Å². The molecule has 0 radical (unpaired) electrons. The molecule has 1 aromatic carbocycles. The van der Waals surface area contributed by atoms with Crippen LogP contribution < -0.4 is 20.3 Å². The Labute approximate surface area is 171 Å². The van der Waals surface area contributed by atoms with Gasteiger partial charge in [0.15, 0.2) is 11.5 Å². The van der Waals surface area contributed by atoms with Gasteiger partial charge < -0.3 is 29.6 Å². The number of nitrogens with zero attached hydrogens (tertiary/aromatic N) is 1. The van der Waals surface area contributed by atoms with Gasteiger partial charge in [0.05, 0.1) is 32.4 Å². The summed E-state index contributed by atoms with van der Waals surface area (Å²) in [5.41, 5.74) is 1.45. The van der Waals surface area contributed by atoms with Crippen molar-refractivity contribution in [2.75, 3.05) is 27.4 Å². The van der Waals surface area contributed by atoms with Crippen LogP contribution >= 0.6 is 0 Å². The molecule has 3 rings (SSSR count). The first-order valence-electron chi connectivity index (χ1n) is 10.4. The molecule has 7 nitrogen and oxygen atoms in total. The predicted octanol–water partition coefficient (Wildman–Crippen LogP) is 2.04. The second-order valence-corrected chi connectivity index (χ2v) is 7.82. The number of fused-ring (bicyclic) bond motifs is 1. The van der Waals surface area contributed by atoms with Crippen molar-refractivity contribution in [1.82, 2.24) is 9.88 Å². The van der Waals surface area contributed by atoms with E-state index in [1.807, 2.05) is 22.8 Å². The molecule has 1 aliphatic rings. The van der Waals surface area contributed by atoms with Gasteiger partial charge in [-0.25, -0.2) is 0 Å². The second-order valence-electron chi connectivity index (χ2n) is 7.82. The number of ether oxygens (including phenoxy) is 2. The standard InChI is InChI=1S/C22H32N2O5/c1-28-20-9-16-8-17(11-23-12-18(26)14-25)22(27)24(19(16)10-21(20)29-2)13-15-6-4-3-5-7-15/h8-10,15,18,23,25-26H,3-7,11-14H2,1-2H3/t18-/m0/s1. The van der Waals surface area contributed by atoms with Gasteiger partial charge in [-0.1, -0.05) is 19.3 Å². The third-order valence-electron chi connectivity index (χ3n) is 5.74. The van der Waals surface area contributed by atoms with E-state index < -0.39 is 6.10 Å². The number of aromatic nitrogens is 1. The van der Waals surface area contributed by atoms with Crippen LogP contribution in [0.4, 0.5) is 0 Å². The van der Waals surface area contributed by atoms with Crippen LogP contribution in [0, 0.1) is 5.92 Å². The zero-order valence-electron chi connectivity index (χ0n) is 17.3. The van der Waals surface area contributed by atoms with Gasteiger partial charge in [0.1, 0.15) is 0 Å².